The maximum Gasteiger partial charge on any atom is 0.303 e. The molecule has 0 bridgehead atoms. The molecule has 1 N–H and O–H groups in total. The summed E-state index contributed by atoms with van der Waals surface area (Å²) in [5.74, 6) is -0.379. The van der Waals surface area contributed by atoms with Crippen LogP contribution >= 0.6 is 0 Å². The van der Waals surface area contributed by atoms with Crippen LogP contribution in [0.2, 0.25) is 0 Å². The van der Waals surface area contributed by atoms with Gasteiger partial charge < -0.3 is 9.67 Å². The van der Waals surface area contributed by atoms with Crippen LogP contribution in [0.5, 0.6) is 0 Å². The van der Waals surface area contributed by atoms with E-state index in [-0.39, 0.29) is 25.0 Å². The number of hydrogen-bond acceptors (Lipinski definition) is 3. The predicted molar refractivity (Wildman–Crippen MR) is 66.3 cm³/mol. The molecule has 2 aromatic rings. The third kappa shape index (κ3) is 2.56. The van der Waals surface area contributed by atoms with Gasteiger partial charge in [-0.3, -0.25) is 9.59 Å². The molecule has 0 unspecified atom stereocenters. The van der Waals surface area contributed by atoms with Gasteiger partial charge in [0.25, 0.3) is 0 Å². The Labute approximate surface area is 104 Å². The van der Waals surface area contributed by atoms with Gasteiger partial charge in [-0.05, 0) is 12.1 Å². The van der Waals surface area contributed by atoms with Gasteiger partial charge >= 0.3 is 5.97 Å². The third-order valence-corrected chi connectivity index (χ3v) is 2.85. The van der Waals surface area contributed by atoms with Gasteiger partial charge in [0.2, 0.25) is 0 Å². The molecule has 0 saturated carbocycles. The molecule has 0 aliphatic rings. The highest BCUT2D eigenvalue weighted by Crippen LogP contribution is 2.15. The van der Waals surface area contributed by atoms with Crippen molar-refractivity contribution in [3.63, 3.8) is 0 Å². The van der Waals surface area contributed by atoms with Gasteiger partial charge in [-0.15, -0.1) is 0 Å². The number of ketones is 1. The van der Waals surface area contributed by atoms with Crippen LogP contribution in [-0.2, 0) is 23.1 Å². The standard InChI is InChI=1S/C13H14N2O3/c1-15-11-5-3-2-4-10(11)14-12(15)8-9(16)6-7-13(17)18/h2-5H,6-8H2,1H3,(H,17,18). The second-order valence-corrected chi connectivity index (χ2v) is 4.18. The van der Waals surface area contributed by atoms with Gasteiger partial charge in [-0.1, -0.05) is 12.1 Å². The fraction of sp³-hybridized carbons (Fsp3) is 0.308. The SMILES string of the molecule is Cn1c(CC(=O)CCC(=O)O)nc2ccccc21. The molecule has 0 aliphatic carbocycles. The van der Waals surface area contributed by atoms with Crippen molar-refractivity contribution >= 4 is 22.8 Å². The zero-order valence-corrected chi connectivity index (χ0v) is 10.1. The number of carboxylic acid groups (broad SMARTS) is 1. The van der Waals surface area contributed by atoms with E-state index in [0.29, 0.717) is 5.82 Å². The summed E-state index contributed by atoms with van der Waals surface area (Å²) in [5, 5.41) is 8.52. The number of Topliss-reactive ketones (excluding diaryl/α,β-unsaturated/α-hetero) is 1. The molecule has 18 heavy (non-hydrogen) atoms. The van der Waals surface area contributed by atoms with E-state index in [9.17, 15) is 9.59 Å². The number of rotatable bonds is 5. The van der Waals surface area contributed by atoms with Crippen molar-refractivity contribution in [2.75, 3.05) is 0 Å². The number of aliphatic carboxylic acids is 1. The van der Waals surface area contributed by atoms with Crippen LogP contribution in [0.1, 0.15) is 18.7 Å². The highest BCUT2D eigenvalue weighted by molar-refractivity contribution is 5.85. The van der Waals surface area contributed by atoms with Crippen molar-refractivity contribution in [1.29, 1.82) is 0 Å². The van der Waals surface area contributed by atoms with Gasteiger partial charge in [-0.2, -0.15) is 0 Å². The number of carbonyl (C=O) groups is 2. The Kier molecular flexibility index (Phi) is 3.41. The largest absolute Gasteiger partial charge is 0.481 e. The van der Waals surface area contributed by atoms with Crippen molar-refractivity contribution in [3.8, 4) is 0 Å². The number of imidazole rings is 1. The average molecular weight is 246 g/mol. The van der Waals surface area contributed by atoms with E-state index < -0.39 is 5.97 Å². The molecule has 1 aromatic carbocycles. The Bertz CT molecular complexity index is 601. The average Bonchev–Trinajstić information content (AvgIpc) is 2.65. The molecule has 2 rings (SSSR count). The van der Waals surface area contributed by atoms with E-state index in [1.807, 2.05) is 35.9 Å². The molecule has 0 aliphatic heterocycles. The normalized spacial score (nSPS) is 10.7. The zero-order valence-electron chi connectivity index (χ0n) is 10.1. The number of aryl methyl sites for hydroxylation is 1. The fourth-order valence-corrected chi connectivity index (χ4v) is 1.86. The van der Waals surface area contributed by atoms with E-state index >= 15 is 0 Å². The number of aromatic nitrogens is 2. The molecule has 0 amide bonds. The van der Waals surface area contributed by atoms with E-state index in [1.165, 1.54) is 0 Å². The van der Waals surface area contributed by atoms with E-state index in [2.05, 4.69) is 4.98 Å². The molecule has 1 heterocycles. The third-order valence-electron chi connectivity index (χ3n) is 2.85. The summed E-state index contributed by atoms with van der Waals surface area (Å²) in [7, 11) is 1.86. The maximum atomic E-state index is 11.6. The number of carboxylic acids is 1. The lowest BCUT2D eigenvalue weighted by atomic mass is 10.1. The molecule has 5 nitrogen and oxygen atoms in total. The predicted octanol–water partition coefficient (Wildman–Crippen LogP) is 1.55. The van der Waals surface area contributed by atoms with Gasteiger partial charge in [0.15, 0.2) is 0 Å². The van der Waals surface area contributed by atoms with Crippen molar-refractivity contribution in [2.45, 2.75) is 19.3 Å². The van der Waals surface area contributed by atoms with Crippen LogP contribution in [0.25, 0.3) is 11.0 Å². The lowest BCUT2D eigenvalue weighted by molar-refractivity contribution is -0.138. The van der Waals surface area contributed by atoms with Crippen LogP contribution in [0.3, 0.4) is 0 Å². The molecule has 1 aromatic heterocycles. The minimum absolute atomic E-state index is 0.0541. The highest BCUT2D eigenvalue weighted by atomic mass is 16.4. The van der Waals surface area contributed by atoms with E-state index in [0.717, 1.165) is 11.0 Å². The summed E-state index contributed by atoms with van der Waals surface area (Å²) < 4.78 is 1.87. The molecule has 0 fully saturated rings. The molecule has 94 valence electrons. The summed E-state index contributed by atoms with van der Waals surface area (Å²) >= 11 is 0. The van der Waals surface area contributed by atoms with Gasteiger partial charge in [0.1, 0.15) is 11.6 Å². The second-order valence-electron chi connectivity index (χ2n) is 4.18. The van der Waals surface area contributed by atoms with E-state index in [1.54, 1.807) is 0 Å². The monoisotopic (exact) mass is 246 g/mol. The Balaban J connectivity index is 2.14. The minimum Gasteiger partial charge on any atom is -0.481 e. The number of benzene rings is 1. The van der Waals surface area contributed by atoms with Gasteiger partial charge in [0, 0.05) is 13.5 Å². The summed E-state index contributed by atoms with van der Waals surface area (Å²) in [6.07, 6.45) is 0.111. The maximum absolute atomic E-state index is 11.6. The van der Waals surface area contributed by atoms with Crippen molar-refractivity contribution in [2.24, 2.45) is 7.05 Å². The highest BCUT2D eigenvalue weighted by Gasteiger charge is 2.12. The first-order chi connectivity index (χ1) is 8.58. The van der Waals surface area contributed by atoms with E-state index in [4.69, 9.17) is 5.11 Å². The Hall–Kier alpha value is -2.17. The van der Waals surface area contributed by atoms with Crippen molar-refractivity contribution in [1.82, 2.24) is 9.55 Å². The first-order valence-corrected chi connectivity index (χ1v) is 5.72. The Morgan fingerprint density at radius 3 is 2.67 bits per heavy atom. The van der Waals surface area contributed by atoms with Crippen LogP contribution < -0.4 is 0 Å². The molecular formula is C13H14N2O3. The second kappa shape index (κ2) is 5.00. The van der Waals surface area contributed by atoms with Crippen LogP contribution in [0.15, 0.2) is 24.3 Å². The number of hydrogen-bond donors (Lipinski definition) is 1. The van der Waals surface area contributed by atoms with Gasteiger partial charge in [0.05, 0.1) is 23.9 Å². The smallest absolute Gasteiger partial charge is 0.303 e. The summed E-state index contributed by atoms with van der Waals surface area (Å²) in [4.78, 5) is 26.4. The molecule has 0 saturated heterocycles. The summed E-state index contributed by atoms with van der Waals surface area (Å²) in [6, 6.07) is 7.64. The molecule has 0 radical (unpaired) electrons. The first kappa shape index (κ1) is 12.3. The fourth-order valence-electron chi connectivity index (χ4n) is 1.86. The summed E-state index contributed by atoms with van der Waals surface area (Å²) in [6.45, 7) is 0. The molecular weight excluding hydrogens is 232 g/mol. The zero-order chi connectivity index (χ0) is 13.1. The molecule has 5 heteroatoms. The Morgan fingerprint density at radius 1 is 1.28 bits per heavy atom. The van der Waals surface area contributed by atoms with Gasteiger partial charge in [-0.25, -0.2) is 4.98 Å². The molecule has 0 atom stereocenters. The lowest BCUT2D eigenvalue weighted by Gasteiger charge is -2.01. The first-order valence-electron chi connectivity index (χ1n) is 5.72. The minimum atomic E-state index is -0.951. The summed E-state index contributed by atoms with van der Waals surface area (Å²) in [5.41, 5.74) is 1.82. The van der Waals surface area contributed by atoms with Crippen LogP contribution in [-0.4, -0.2) is 26.4 Å². The van der Waals surface area contributed by atoms with Crippen LogP contribution in [0.4, 0.5) is 0 Å². The molecule has 0 spiro atoms. The lowest BCUT2D eigenvalue weighted by Crippen LogP contribution is -2.09. The van der Waals surface area contributed by atoms with Crippen molar-refractivity contribution < 1.29 is 14.7 Å². The number of carbonyl (C=O) groups excluding carboxylic acids is 1. The quantitative estimate of drug-likeness (QED) is 0.868. The van der Waals surface area contributed by atoms with Crippen LogP contribution in [0, 0.1) is 0 Å². The number of nitrogens with zero attached hydrogens (tertiary/aromatic N) is 2. The number of para-hydroxylation sites is 2. The number of fused-ring (bicyclic) bond motifs is 1. The Morgan fingerprint density at radius 2 is 2.00 bits per heavy atom. The van der Waals surface area contributed by atoms with Crippen molar-refractivity contribution in [3.05, 3.63) is 30.1 Å². The topological polar surface area (TPSA) is 72.2 Å².